The van der Waals surface area contributed by atoms with E-state index in [-0.39, 0.29) is 11.5 Å². The second kappa shape index (κ2) is 5.43. The fourth-order valence-corrected chi connectivity index (χ4v) is 1.66. The van der Waals surface area contributed by atoms with Gasteiger partial charge in [0.2, 0.25) is 0 Å². The van der Waals surface area contributed by atoms with Crippen molar-refractivity contribution in [2.45, 2.75) is 6.92 Å². The Morgan fingerprint density at radius 3 is 2.75 bits per heavy atom. The van der Waals surface area contributed by atoms with E-state index in [1.165, 1.54) is 29.1 Å². The number of aromatic nitrogens is 2. The van der Waals surface area contributed by atoms with Gasteiger partial charge in [-0.1, -0.05) is 0 Å². The average Bonchev–Trinajstić information content (AvgIpc) is 2.84. The molecule has 0 unspecified atom stereocenters. The van der Waals surface area contributed by atoms with Crippen molar-refractivity contribution in [3.63, 3.8) is 0 Å². The van der Waals surface area contributed by atoms with Gasteiger partial charge in [0, 0.05) is 18.8 Å². The molecular weight excluding hydrogens is 260 g/mol. The molecule has 0 bridgehead atoms. The molecule has 0 spiro atoms. The highest BCUT2D eigenvalue weighted by Crippen LogP contribution is 2.22. The summed E-state index contributed by atoms with van der Waals surface area (Å²) < 4.78 is 1.42. The minimum absolute atomic E-state index is 0.00492. The number of phenols is 2. The summed E-state index contributed by atoms with van der Waals surface area (Å²) in [7, 11) is 1.65. The van der Waals surface area contributed by atoms with Gasteiger partial charge < -0.3 is 10.2 Å². The first-order valence-corrected chi connectivity index (χ1v) is 5.84. The molecule has 20 heavy (non-hydrogen) atoms. The van der Waals surface area contributed by atoms with Gasteiger partial charge in [0.1, 0.15) is 17.2 Å². The summed E-state index contributed by atoms with van der Waals surface area (Å²) in [5.74, 6) is -0.437. The van der Waals surface area contributed by atoms with E-state index in [1.807, 2.05) is 0 Å². The van der Waals surface area contributed by atoms with Gasteiger partial charge in [-0.25, -0.2) is 5.43 Å². The van der Waals surface area contributed by atoms with Crippen molar-refractivity contribution in [2.24, 2.45) is 12.1 Å². The van der Waals surface area contributed by atoms with Crippen LogP contribution in [0.15, 0.2) is 35.6 Å². The van der Waals surface area contributed by atoms with E-state index in [2.05, 4.69) is 15.6 Å². The number of nitrogens with one attached hydrogen (secondary N) is 1. The Morgan fingerprint density at radius 1 is 1.35 bits per heavy atom. The Hall–Kier alpha value is -2.83. The maximum atomic E-state index is 11.8. The molecule has 7 nitrogen and oxygen atoms in total. The molecule has 0 aliphatic rings. The fraction of sp³-hybridized carbons (Fsp3) is 0.154. The molecule has 0 saturated heterocycles. The standard InChI is InChI=1S/C13H14N4O3/c1-8(10-7-9(18)3-4-12(10)19)15-16-13(20)11-5-6-14-17(11)2/h3-7,18-19H,1-2H3,(H,16,20). The number of carbonyl (C=O) groups excluding carboxylic acids is 1. The maximum absolute atomic E-state index is 11.8. The molecule has 0 atom stereocenters. The molecule has 0 aliphatic carbocycles. The molecule has 3 N–H and O–H groups in total. The third-order valence-electron chi connectivity index (χ3n) is 2.75. The Kier molecular flexibility index (Phi) is 3.69. The number of hydrogen-bond donors (Lipinski definition) is 3. The number of aromatic hydroxyl groups is 2. The van der Waals surface area contributed by atoms with Crippen LogP contribution < -0.4 is 5.43 Å². The fourth-order valence-electron chi connectivity index (χ4n) is 1.66. The molecule has 1 heterocycles. The molecule has 2 aromatic rings. The van der Waals surface area contributed by atoms with Gasteiger partial charge in [0.15, 0.2) is 0 Å². The van der Waals surface area contributed by atoms with Crippen LogP contribution in [0.1, 0.15) is 23.0 Å². The lowest BCUT2D eigenvalue weighted by Crippen LogP contribution is -2.22. The summed E-state index contributed by atoms with van der Waals surface area (Å²) in [6.07, 6.45) is 1.51. The average molecular weight is 274 g/mol. The number of rotatable bonds is 3. The van der Waals surface area contributed by atoms with Gasteiger partial charge in [-0.2, -0.15) is 10.2 Å². The van der Waals surface area contributed by atoms with Crippen LogP contribution in [0.2, 0.25) is 0 Å². The van der Waals surface area contributed by atoms with Crippen LogP contribution in [0.5, 0.6) is 11.5 Å². The number of aryl methyl sites for hydroxylation is 1. The third-order valence-corrected chi connectivity index (χ3v) is 2.75. The van der Waals surface area contributed by atoms with E-state index in [4.69, 9.17) is 0 Å². The first-order chi connectivity index (χ1) is 9.49. The number of hydrogen-bond acceptors (Lipinski definition) is 5. The molecule has 0 fully saturated rings. The van der Waals surface area contributed by atoms with E-state index in [0.29, 0.717) is 17.0 Å². The summed E-state index contributed by atoms with van der Waals surface area (Å²) in [6.45, 7) is 1.61. The monoisotopic (exact) mass is 274 g/mol. The molecular formula is C13H14N4O3. The highest BCUT2D eigenvalue weighted by molar-refractivity contribution is 6.02. The summed E-state index contributed by atoms with van der Waals surface area (Å²) in [6, 6.07) is 5.64. The summed E-state index contributed by atoms with van der Waals surface area (Å²) in [4.78, 5) is 11.8. The summed E-state index contributed by atoms with van der Waals surface area (Å²) >= 11 is 0. The normalized spacial score (nSPS) is 11.4. The topological polar surface area (TPSA) is 99.7 Å². The van der Waals surface area contributed by atoms with Crippen LogP contribution in [0.25, 0.3) is 0 Å². The van der Waals surface area contributed by atoms with Crippen LogP contribution in [0.3, 0.4) is 0 Å². The Morgan fingerprint density at radius 2 is 2.10 bits per heavy atom. The highest BCUT2D eigenvalue weighted by Gasteiger charge is 2.10. The van der Waals surface area contributed by atoms with Crippen molar-refractivity contribution in [2.75, 3.05) is 0 Å². The van der Waals surface area contributed by atoms with Gasteiger partial charge in [-0.3, -0.25) is 9.48 Å². The van der Waals surface area contributed by atoms with Gasteiger partial charge in [-0.05, 0) is 31.2 Å². The van der Waals surface area contributed by atoms with E-state index in [9.17, 15) is 15.0 Å². The molecule has 1 amide bonds. The predicted molar refractivity (Wildman–Crippen MR) is 72.7 cm³/mol. The molecule has 0 saturated carbocycles. The molecule has 2 rings (SSSR count). The lowest BCUT2D eigenvalue weighted by atomic mass is 10.1. The number of carbonyl (C=O) groups is 1. The van der Waals surface area contributed by atoms with Gasteiger partial charge in [0.25, 0.3) is 5.91 Å². The Bertz CT molecular complexity index is 676. The molecule has 104 valence electrons. The van der Waals surface area contributed by atoms with E-state index in [1.54, 1.807) is 20.0 Å². The quantitative estimate of drug-likeness (QED) is 0.441. The number of nitrogens with zero attached hydrogens (tertiary/aromatic N) is 3. The van der Waals surface area contributed by atoms with Crippen LogP contribution in [0.4, 0.5) is 0 Å². The zero-order chi connectivity index (χ0) is 14.7. The largest absolute Gasteiger partial charge is 0.508 e. The van der Waals surface area contributed by atoms with E-state index >= 15 is 0 Å². The smallest absolute Gasteiger partial charge is 0.289 e. The number of benzene rings is 1. The van der Waals surface area contributed by atoms with Gasteiger partial charge >= 0.3 is 0 Å². The number of hydrazone groups is 1. The van der Waals surface area contributed by atoms with Crippen molar-refractivity contribution < 1.29 is 15.0 Å². The van der Waals surface area contributed by atoms with E-state index < -0.39 is 5.91 Å². The summed E-state index contributed by atoms with van der Waals surface area (Å²) in [5.41, 5.74) is 3.44. The molecule has 1 aromatic heterocycles. The Balaban J connectivity index is 2.17. The minimum Gasteiger partial charge on any atom is -0.508 e. The number of amides is 1. The van der Waals surface area contributed by atoms with Crippen molar-refractivity contribution in [3.05, 3.63) is 41.7 Å². The van der Waals surface area contributed by atoms with Crippen LogP contribution in [0, 0.1) is 0 Å². The van der Waals surface area contributed by atoms with Crippen LogP contribution in [-0.4, -0.2) is 31.6 Å². The van der Waals surface area contributed by atoms with E-state index in [0.717, 1.165) is 0 Å². The Labute approximate surface area is 115 Å². The first-order valence-electron chi connectivity index (χ1n) is 5.84. The second-order valence-corrected chi connectivity index (χ2v) is 4.18. The number of phenolic OH excluding ortho intramolecular Hbond substituents is 2. The molecule has 1 aromatic carbocycles. The lowest BCUT2D eigenvalue weighted by molar-refractivity contribution is 0.0945. The van der Waals surface area contributed by atoms with Crippen molar-refractivity contribution in [1.29, 1.82) is 0 Å². The molecule has 7 heteroatoms. The maximum Gasteiger partial charge on any atom is 0.289 e. The first kappa shape index (κ1) is 13.6. The zero-order valence-corrected chi connectivity index (χ0v) is 11.0. The van der Waals surface area contributed by atoms with Crippen LogP contribution >= 0.6 is 0 Å². The molecule has 0 radical (unpaired) electrons. The van der Waals surface area contributed by atoms with Crippen molar-refractivity contribution in [3.8, 4) is 11.5 Å². The molecule has 0 aliphatic heterocycles. The highest BCUT2D eigenvalue weighted by atomic mass is 16.3. The third kappa shape index (κ3) is 2.77. The minimum atomic E-state index is -0.413. The second-order valence-electron chi connectivity index (χ2n) is 4.18. The zero-order valence-electron chi connectivity index (χ0n) is 11.0. The summed E-state index contributed by atoms with van der Waals surface area (Å²) in [5, 5.41) is 26.8. The van der Waals surface area contributed by atoms with Crippen molar-refractivity contribution >= 4 is 11.6 Å². The van der Waals surface area contributed by atoms with Crippen LogP contribution in [-0.2, 0) is 7.05 Å². The van der Waals surface area contributed by atoms with Gasteiger partial charge in [-0.15, -0.1) is 0 Å². The van der Waals surface area contributed by atoms with Crippen molar-refractivity contribution in [1.82, 2.24) is 15.2 Å². The SMILES string of the molecule is CC(=NNC(=O)c1ccnn1C)c1cc(O)ccc1O. The lowest BCUT2D eigenvalue weighted by Gasteiger charge is -2.05. The predicted octanol–water partition coefficient (Wildman–Crippen LogP) is 0.985. The van der Waals surface area contributed by atoms with Gasteiger partial charge in [0.05, 0.1) is 5.71 Å².